The van der Waals surface area contributed by atoms with Crippen LogP contribution in [0, 0.1) is 0 Å². The number of methoxy groups -OCH3 is 1. The number of benzene rings is 2. The standard InChI is InChI=1S/C21H22N6O/c1-28-19-8-3-2-5-13(19)6-4-7-15-12-17(25-21(23)24-15)14-9-10-16-18(11-14)26-27-20(16)22/h2-3,5,8-12H,4,6-7H2,1H3,(H3,22,26,27)(H2,23,24,25). The third kappa shape index (κ3) is 3.59. The van der Waals surface area contributed by atoms with Gasteiger partial charge in [0, 0.05) is 16.6 Å². The van der Waals surface area contributed by atoms with Crippen LogP contribution in [0.4, 0.5) is 11.8 Å². The van der Waals surface area contributed by atoms with E-state index in [0.717, 1.165) is 52.9 Å². The first kappa shape index (κ1) is 17.8. The van der Waals surface area contributed by atoms with Gasteiger partial charge in [0.25, 0.3) is 0 Å². The molecule has 0 aliphatic carbocycles. The minimum atomic E-state index is 0.272. The van der Waals surface area contributed by atoms with Gasteiger partial charge < -0.3 is 16.2 Å². The van der Waals surface area contributed by atoms with Crippen molar-refractivity contribution in [1.82, 2.24) is 20.2 Å². The van der Waals surface area contributed by atoms with Gasteiger partial charge in [-0.05, 0) is 49.1 Å². The van der Waals surface area contributed by atoms with Crippen LogP contribution in [-0.4, -0.2) is 27.3 Å². The Hall–Kier alpha value is -3.61. The maximum atomic E-state index is 5.96. The van der Waals surface area contributed by atoms with Gasteiger partial charge in [0.1, 0.15) is 5.75 Å². The molecule has 0 aliphatic rings. The normalized spacial score (nSPS) is 11.0. The Morgan fingerprint density at radius 1 is 1.00 bits per heavy atom. The van der Waals surface area contributed by atoms with Gasteiger partial charge in [0.15, 0.2) is 5.82 Å². The molecule has 0 saturated heterocycles. The summed E-state index contributed by atoms with van der Waals surface area (Å²) in [6, 6.07) is 15.9. The Morgan fingerprint density at radius 2 is 1.86 bits per heavy atom. The predicted molar refractivity (Wildman–Crippen MR) is 111 cm³/mol. The number of anilines is 2. The quantitative estimate of drug-likeness (QED) is 0.476. The molecule has 0 unspecified atom stereocenters. The highest BCUT2D eigenvalue weighted by molar-refractivity contribution is 5.91. The second kappa shape index (κ2) is 7.56. The Morgan fingerprint density at radius 3 is 2.71 bits per heavy atom. The molecule has 2 aromatic carbocycles. The highest BCUT2D eigenvalue weighted by Crippen LogP contribution is 2.26. The minimum Gasteiger partial charge on any atom is -0.496 e. The van der Waals surface area contributed by atoms with Crippen LogP contribution in [0.3, 0.4) is 0 Å². The van der Waals surface area contributed by atoms with Crippen LogP contribution in [-0.2, 0) is 12.8 Å². The third-order valence-electron chi connectivity index (χ3n) is 4.76. The van der Waals surface area contributed by atoms with E-state index in [1.165, 1.54) is 5.56 Å². The van der Waals surface area contributed by atoms with E-state index in [1.807, 2.05) is 42.5 Å². The molecule has 7 nitrogen and oxygen atoms in total. The van der Waals surface area contributed by atoms with Crippen molar-refractivity contribution in [2.45, 2.75) is 19.3 Å². The number of para-hydroxylation sites is 1. The number of hydrogen-bond acceptors (Lipinski definition) is 6. The summed E-state index contributed by atoms with van der Waals surface area (Å²) in [5, 5.41) is 7.85. The molecule has 0 spiro atoms. The van der Waals surface area contributed by atoms with Gasteiger partial charge in [-0.1, -0.05) is 24.3 Å². The van der Waals surface area contributed by atoms with E-state index in [2.05, 4.69) is 26.2 Å². The number of nitrogens with zero attached hydrogens (tertiary/aromatic N) is 3. The number of aryl methyl sites for hydroxylation is 2. The fourth-order valence-corrected chi connectivity index (χ4v) is 3.36. The second-order valence-electron chi connectivity index (χ2n) is 6.64. The molecule has 28 heavy (non-hydrogen) atoms. The van der Waals surface area contributed by atoms with Gasteiger partial charge in [0.2, 0.25) is 5.95 Å². The van der Waals surface area contributed by atoms with Crippen LogP contribution in [0.1, 0.15) is 17.7 Å². The molecule has 0 bridgehead atoms. The van der Waals surface area contributed by atoms with Gasteiger partial charge in [-0.25, -0.2) is 9.97 Å². The summed E-state index contributed by atoms with van der Waals surface area (Å²) >= 11 is 0. The zero-order chi connectivity index (χ0) is 19.5. The molecule has 4 rings (SSSR count). The van der Waals surface area contributed by atoms with E-state index in [-0.39, 0.29) is 5.95 Å². The molecule has 0 amide bonds. The molecule has 2 aromatic heterocycles. The first-order valence-corrected chi connectivity index (χ1v) is 9.13. The molecular weight excluding hydrogens is 352 g/mol. The summed E-state index contributed by atoms with van der Waals surface area (Å²) in [6.45, 7) is 0. The fraction of sp³-hybridized carbons (Fsp3) is 0.190. The van der Waals surface area contributed by atoms with E-state index >= 15 is 0 Å². The summed E-state index contributed by atoms with van der Waals surface area (Å²) in [6.07, 6.45) is 2.64. The van der Waals surface area contributed by atoms with E-state index in [0.29, 0.717) is 5.82 Å². The number of nitrogens with two attached hydrogens (primary N) is 2. The van der Waals surface area contributed by atoms with Crippen molar-refractivity contribution in [2.75, 3.05) is 18.6 Å². The van der Waals surface area contributed by atoms with Crippen LogP contribution in [0.2, 0.25) is 0 Å². The highest BCUT2D eigenvalue weighted by atomic mass is 16.5. The lowest BCUT2D eigenvalue weighted by molar-refractivity contribution is 0.409. The SMILES string of the molecule is COc1ccccc1CCCc1cc(-c2ccc3c(N)n[nH]c3c2)nc(N)n1. The van der Waals surface area contributed by atoms with Crippen LogP contribution in [0.25, 0.3) is 22.2 Å². The van der Waals surface area contributed by atoms with Gasteiger partial charge in [-0.3, -0.25) is 5.10 Å². The first-order valence-electron chi connectivity index (χ1n) is 9.13. The van der Waals surface area contributed by atoms with Crippen LogP contribution in [0.15, 0.2) is 48.5 Å². The van der Waals surface area contributed by atoms with Gasteiger partial charge in [-0.15, -0.1) is 0 Å². The molecule has 142 valence electrons. The van der Waals surface area contributed by atoms with Crippen LogP contribution in [0.5, 0.6) is 5.75 Å². The molecule has 0 saturated carbocycles. The molecular formula is C21H22N6O. The van der Waals surface area contributed by atoms with E-state index in [4.69, 9.17) is 16.2 Å². The van der Waals surface area contributed by atoms with Gasteiger partial charge in [-0.2, -0.15) is 5.10 Å². The van der Waals surface area contributed by atoms with E-state index in [9.17, 15) is 0 Å². The fourth-order valence-electron chi connectivity index (χ4n) is 3.36. The van der Waals surface area contributed by atoms with Crippen molar-refractivity contribution in [3.05, 3.63) is 59.8 Å². The molecule has 0 aliphatic heterocycles. The Kier molecular flexibility index (Phi) is 4.80. The minimum absolute atomic E-state index is 0.272. The molecule has 7 heteroatoms. The predicted octanol–water partition coefficient (Wildman–Crippen LogP) is 3.37. The number of rotatable bonds is 6. The van der Waals surface area contributed by atoms with E-state index < -0.39 is 0 Å². The molecule has 2 heterocycles. The van der Waals surface area contributed by atoms with Crippen molar-refractivity contribution < 1.29 is 4.74 Å². The van der Waals surface area contributed by atoms with Crippen molar-refractivity contribution in [3.63, 3.8) is 0 Å². The van der Waals surface area contributed by atoms with Gasteiger partial charge in [0.05, 0.1) is 18.3 Å². The summed E-state index contributed by atoms with van der Waals surface area (Å²) in [5.74, 6) is 1.67. The number of fused-ring (bicyclic) bond motifs is 1. The number of nitrogens with one attached hydrogen (secondary N) is 1. The molecule has 0 atom stereocenters. The Labute approximate surface area is 162 Å². The topological polar surface area (TPSA) is 116 Å². The first-order chi connectivity index (χ1) is 13.6. The molecule has 5 N–H and O–H groups in total. The zero-order valence-electron chi connectivity index (χ0n) is 15.6. The number of ether oxygens (including phenoxy) is 1. The molecule has 0 fully saturated rings. The average molecular weight is 374 g/mol. The van der Waals surface area contributed by atoms with Crippen molar-refractivity contribution in [1.29, 1.82) is 0 Å². The van der Waals surface area contributed by atoms with Crippen molar-refractivity contribution in [3.8, 4) is 17.0 Å². The lowest BCUT2D eigenvalue weighted by Crippen LogP contribution is -2.02. The van der Waals surface area contributed by atoms with Crippen molar-refractivity contribution >= 4 is 22.7 Å². The van der Waals surface area contributed by atoms with Gasteiger partial charge >= 0.3 is 0 Å². The third-order valence-corrected chi connectivity index (χ3v) is 4.76. The van der Waals surface area contributed by atoms with E-state index in [1.54, 1.807) is 7.11 Å². The number of aromatic amines is 1. The Balaban J connectivity index is 1.53. The summed E-state index contributed by atoms with van der Waals surface area (Å²) in [4.78, 5) is 8.79. The Bertz CT molecular complexity index is 1120. The monoisotopic (exact) mass is 374 g/mol. The number of hydrogen-bond donors (Lipinski definition) is 3. The number of nitrogen functional groups attached to an aromatic ring is 2. The average Bonchev–Trinajstić information content (AvgIpc) is 3.08. The summed E-state index contributed by atoms with van der Waals surface area (Å²) in [5.41, 5.74) is 16.5. The maximum absolute atomic E-state index is 5.96. The lowest BCUT2D eigenvalue weighted by Gasteiger charge is -2.09. The number of aromatic nitrogens is 4. The summed E-state index contributed by atoms with van der Waals surface area (Å²) < 4.78 is 5.42. The smallest absolute Gasteiger partial charge is 0.220 e. The lowest BCUT2D eigenvalue weighted by atomic mass is 10.0. The summed E-state index contributed by atoms with van der Waals surface area (Å²) in [7, 11) is 1.69. The second-order valence-corrected chi connectivity index (χ2v) is 6.64. The molecule has 4 aromatic rings. The molecule has 0 radical (unpaired) electrons. The highest BCUT2D eigenvalue weighted by Gasteiger charge is 2.09. The number of H-pyrrole nitrogens is 1. The van der Waals surface area contributed by atoms with Crippen LogP contribution < -0.4 is 16.2 Å². The zero-order valence-corrected chi connectivity index (χ0v) is 15.6. The largest absolute Gasteiger partial charge is 0.496 e. The maximum Gasteiger partial charge on any atom is 0.220 e. The van der Waals surface area contributed by atoms with Crippen molar-refractivity contribution in [2.24, 2.45) is 0 Å². The van der Waals surface area contributed by atoms with Crippen LogP contribution >= 0.6 is 0 Å².